The van der Waals surface area contributed by atoms with E-state index in [2.05, 4.69) is 5.32 Å². The van der Waals surface area contributed by atoms with Crippen molar-refractivity contribution in [3.63, 3.8) is 0 Å². The average Bonchev–Trinajstić information content (AvgIpc) is 2.72. The van der Waals surface area contributed by atoms with Gasteiger partial charge in [-0.1, -0.05) is 12.1 Å². The van der Waals surface area contributed by atoms with Crippen molar-refractivity contribution >= 4 is 11.8 Å². The molecule has 6 heteroatoms. The minimum atomic E-state index is -0.679. The molecule has 2 amide bonds. The van der Waals surface area contributed by atoms with Crippen LogP contribution in [0.2, 0.25) is 0 Å². The van der Waals surface area contributed by atoms with Crippen molar-refractivity contribution < 1.29 is 19.1 Å². The SMILES string of the molecule is COc1ccc(CNC(=O)C2CCN(C(=O)C3(C)CCCCO3)CC2)cc1. The van der Waals surface area contributed by atoms with Gasteiger partial charge in [0.2, 0.25) is 5.91 Å². The molecule has 0 bridgehead atoms. The van der Waals surface area contributed by atoms with E-state index in [1.807, 2.05) is 36.1 Å². The maximum atomic E-state index is 12.8. The molecule has 0 aromatic heterocycles. The van der Waals surface area contributed by atoms with Crippen LogP contribution in [0.1, 0.15) is 44.6 Å². The van der Waals surface area contributed by atoms with E-state index in [1.54, 1.807) is 7.11 Å². The monoisotopic (exact) mass is 374 g/mol. The number of likely N-dealkylation sites (tertiary alicyclic amines) is 1. The van der Waals surface area contributed by atoms with Crippen molar-refractivity contribution in [1.82, 2.24) is 10.2 Å². The normalized spacial score (nSPS) is 23.7. The molecule has 2 heterocycles. The molecule has 2 saturated heterocycles. The molecule has 148 valence electrons. The average molecular weight is 374 g/mol. The van der Waals surface area contributed by atoms with Gasteiger partial charge in [0.25, 0.3) is 5.91 Å². The lowest BCUT2D eigenvalue weighted by Crippen LogP contribution is -2.53. The van der Waals surface area contributed by atoms with Gasteiger partial charge in [0.15, 0.2) is 0 Å². The Morgan fingerprint density at radius 1 is 1.22 bits per heavy atom. The van der Waals surface area contributed by atoms with Crippen LogP contribution in [-0.2, 0) is 20.9 Å². The van der Waals surface area contributed by atoms with Crippen LogP contribution < -0.4 is 10.1 Å². The summed E-state index contributed by atoms with van der Waals surface area (Å²) in [6.07, 6.45) is 4.26. The Morgan fingerprint density at radius 3 is 2.52 bits per heavy atom. The first kappa shape index (κ1) is 19.7. The van der Waals surface area contributed by atoms with Gasteiger partial charge in [-0.25, -0.2) is 0 Å². The fourth-order valence-corrected chi connectivity index (χ4v) is 3.86. The molecule has 3 rings (SSSR count). The number of benzene rings is 1. The highest BCUT2D eigenvalue weighted by Crippen LogP contribution is 2.29. The molecule has 1 unspecified atom stereocenters. The third-order valence-electron chi connectivity index (χ3n) is 5.70. The largest absolute Gasteiger partial charge is 0.497 e. The Hall–Kier alpha value is -2.08. The molecule has 2 fully saturated rings. The van der Waals surface area contributed by atoms with Gasteiger partial charge < -0.3 is 19.7 Å². The number of rotatable bonds is 5. The second kappa shape index (κ2) is 8.74. The second-order valence-corrected chi connectivity index (χ2v) is 7.67. The number of methoxy groups -OCH3 is 1. The highest BCUT2D eigenvalue weighted by molar-refractivity contribution is 5.85. The summed E-state index contributed by atoms with van der Waals surface area (Å²) in [7, 11) is 1.63. The lowest BCUT2D eigenvalue weighted by molar-refractivity contribution is -0.163. The van der Waals surface area contributed by atoms with Crippen LogP contribution in [-0.4, -0.2) is 49.1 Å². The predicted molar refractivity (Wildman–Crippen MR) is 102 cm³/mol. The summed E-state index contributed by atoms with van der Waals surface area (Å²) in [5.74, 6) is 0.919. The van der Waals surface area contributed by atoms with Crippen LogP contribution in [0.25, 0.3) is 0 Å². The molecule has 0 aliphatic carbocycles. The first-order valence-electron chi connectivity index (χ1n) is 9.86. The van der Waals surface area contributed by atoms with E-state index in [9.17, 15) is 9.59 Å². The smallest absolute Gasteiger partial charge is 0.254 e. The van der Waals surface area contributed by atoms with Gasteiger partial charge in [0.05, 0.1) is 7.11 Å². The molecule has 1 atom stereocenters. The Morgan fingerprint density at radius 2 is 1.93 bits per heavy atom. The van der Waals surface area contributed by atoms with Crippen molar-refractivity contribution in [2.24, 2.45) is 5.92 Å². The summed E-state index contributed by atoms with van der Waals surface area (Å²) in [6, 6.07) is 7.68. The van der Waals surface area contributed by atoms with E-state index >= 15 is 0 Å². The summed E-state index contributed by atoms with van der Waals surface area (Å²) >= 11 is 0. The Kier molecular flexibility index (Phi) is 6.37. The topological polar surface area (TPSA) is 67.9 Å². The predicted octanol–water partition coefficient (Wildman–Crippen LogP) is 2.51. The molecule has 2 aliphatic heterocycles. The molecular formula is C21H30N2O4. The van der Waals surface area contributed by atoms with Crippen molar-refractivity contribution in [2.45, 2.75) is 51.2 Å². The number of piperidine rings is 1. The molecule has 1 N–H and O–H groups in total. The third kappa shape index (κ3) is 4.80. The molecule has 6 nitrogen and oxygen atoms in total. The van der Waals surface area contributed by atoms with E-state index in [1.165, 1.54) is 0 Å². The zero-order valence-electron chi connectivity index (χ0n) is 16.3. The Labute approximate surface area is 161 Å². The van der Waals surface area contributed by atoms with Gasteiger partial charge in [-0.05, 0) is 56.7 Å². The quantitative estimate of drug-likeness (QED) is 0.860. The summed E-state index contributed by atoms with van der Waals surface area (Å²) in [5, 5.41) is 3.01. The first-order chi connectivity index (χ1) is 13.0. The van der Waals surface area contributed by atoms with Gasteiger partial charge in [0.1, 0.15) is 11.4 Å². The van der Waals surface area contributed by atoms with Crippen LogP contribution in [0.15, 0.2) is 24.3 Å². The van der Waals surface area contributed by atoms with Crippen molar-refractivity contribution in [3.05, 3.63) is 29.8 Å². The van der Waals surface area contributed by atoms with E-state index in [-0.39, 0.29) is 17.7 Å². The van der Waals surface area contributed by atoms with Gasteiger partial charge in [-0.15, -0.1) is 0 Å². The lowest BCUT2D eigenvalue weighted by Gasteiger charge is -2.39. The van der Waals surface area contributed by atoms with Crippen molar-refractivity contribution in [2.75, 3.05) is 26.8 Å². The van der Waals surface area contributed by atoms with E-state index in [4.69, 9.17) is 9.47 Å². The Bertz CT molecular complexity index is 645. The minimum absolute atomic E-state index is 0.0348. The molecule has 1 aromatic carbocycles. The molecule has 27 heavy (non-hydrogen) atoms. The first-order valence-corrected chi connectivity index (χ1v) is 9.86. The number of hydrogen-bond donors (Lipinski definition) is 1. The molecule has 2 aliphatic rings. The van der Waals surface area contributed by atoms with E-state index in [0.717, 1.165) is 30.6 Å². The Balaban J connectivity index is 1.45. The maximum absolute atomic E-state index is 12.8. The summed E-state index contributed by atoms with van der Waals surface area (Å²) in [5.41, 5.74) is 0.362. The molecular weight excluding hydrogens is 344 g/mol. The maximum Gasteiger partial charge on any atom is 0.254 e. The molecule has 1 aromatic rings. The summed E-state index contributed by atoms with van der Waals surface area (Å²) in [4.78, 5) is 27.1. The fraction of sp³-hybridized carbons (Fsp3) is 0.619. The number of hydrogen-bond acceptors (Lipinski definition) is 4. The zero-order valence-corrected chi connectivity index (χ0v) is 16.3. The molecule has 0 radical (unpaired) electrons. The number of nitrogens with one attached hydrogen (secondary N) is 1. The molecule has 0 saturated carbocycles. The number of carbonyl (C=O) groups is 2. The standard InChI is InChI=1S/C21H30N2O4/c1-21(11-3-4-14-27-21)20(25)23-12-9-17(10-13-23)19(24)22-15-16-5-7-18(26-2)8-6-16/h5-8,17H,3-4,9-15H2,1-2H3,(H,22,24). The summed E-state index contributed by atoms with van der Waals surface area (Å²) in [6.45, 7) is 4.32. The number of amides is 2. The van der Waals surface area contributed by atoms with Gasteiger partial charge in [-0.2, -0.15) is 0 Å². The van der Waals surface area contributed by atoms with Crippen LogP contribution in [0.4, 0.5) is 0 Å². The van der Waals surface area contributed by atoms with Crippen LogP contribution in [0, 0.1) is 5.92 Å². The van der Waals surface area contributed by atoms with Crippen LogP contribution in [0.3, 0.4) is 0 Å². The number of ether oxygens (including phenoxy) is 2. The highest BCUT2D eigenvalue weighted by Gasteiger charge is 2.40. The fourth-order valence-electron chi connectivity index (χ4n) is 3.86. The second-order valence-electron chi connectivity index (χ2n) is 7.67. The van der Waals surface area contributed by atoms with E-state index < -0.39 is 5.60 Å². The number of carbonyl (C=O) groups excluding carboxylic acids is 2. The van der Waals surface area contributed by atoms with Crippen molar-refractivity contribution in [1.29, 1.82) is 0 Å². The lowest BCUT2D eigenvalue weighted by atomic mass is 9.91. The van der Waals surface area contributed by atoms with Gasteiger partial charge in [0, 0.05) is 32.2 Å². The number of nitrogens with zero attached hydrogens (tertiary/aromatic N) is 1. The van der Waals surface area contributed by atoms with Crippen molar-refractivity contribution in [3.8, 4) is 5.75 Å². The van der Waals surface area contributed by atoms with Gasteiger partial charge in [-0.3, -0.25) is 9.59 Å². The highest BCUT2D eigenvalue weighted by atomic mass is 16.5. The molecule has 0 spiro atoms. The van der Waals surface area contributed by atoms with Gasteiger partial charge >= 0.3 is 0 Å². The van der Waals surface area contributed by atoms with E-state index in [0.29, 0.717) is 39.1 Å². The summed E-state index contributed by atoms with van der Waals surface area (Å²) < 4.78 is 10.9. The van der Waals surface area contributed by atoms with Crippen LogP contribution >= 0.6 is 0 Å². The zero-order chi connectivity index (χ0) is 19.3. The minimum Gasteiger partial charge on any atom is -0.497 e. The van der Waals surface area contributed by atoms with Crippen LogP contribution in [0.5, 0.6) is 5.75 Å². The third-order valence-corrected chi connectivity index (χ3v) is 5.70.